The lowest BCUT2D eigenvalue weighted by Gasteiger charge is -2.06. The van der Waals surface area contributed by atoms with Gasteiger partial charge in [0.1, 0.15) is 5.75 Å². The van der Waals surface area contributed by atoms with Crippen molar-refractivity contribution in [1.29, 1.82) is 0 Å². The molecule has 0 aliphatic rings. The number of fused-ring (bicyclic) bond motifs is 1. The van der Waals surface area contributed by atoms with E-state index in [-0.39, 0.29) is 11.3 Å². The number of hydrazone groups is 1. The van der Waals surface area contributed by atoms with Gasteiger partial charge in [0.25, 0.3) is 11.5 Å². The van der Waals surface area contributed by atoms with Crippen LogP contribution < -0.4 is 15.7 Å². The van der Waals surface area contributed by atoms with E-state index in [1.807, 2.05) is 31.2 Å². The molecular formula is C19H18N4O3. The summed E-state index contributed by atoms with van der Waals surface area (Å²) in [5.74, 6) is 0.278. The molecule has 0 saturated carbocycles. The number of ether oxygens (including phenoxy) is 1. The molecule has 0 saturated heterocycles. The van der Waals surface area contributed by atoms with Gasteiger partial charge in [-0.1, -0.05) is 18.2 Å². The molecule has 7 nitrogen and oxygen atoms in total. The molecule has 2 N–H and O–H groups in total. The molecule has 0 spiro atoms. The molecule has 0 bridgehead atoms. The van der Waals surface area contributed by atoms with Gasteiger partial charge in [-0.3, -0.25) is 9.59 Å². The minimum Gasteiger partial charge on any atom is -0.494 e. The van der Waals surface area contributed by atoms with Crippen LogP contribution in [0, 0.1) is 0 Å². The van der Waals surface area contributed by atoms with Crippen LogP contribution in [0.3, 0.4) is 0 Å². The Morgan fingerprint density at radius 2 is 1.85 bits per heavy atom. The van der Waals surface area contributed by atoms with Gasteiger partial charge in [-0.15, -0.1) is 0 Å². The van der Waals surface area contributed by atoms with E-state index in [1.165, 1.54) is 0 Å². The highest BCUT2D eigenvalue weighted by Gasteiger charge is 2.13. The summed E-state index contributed by atoms with van der Waals surface area (Å²) < 4.78 is 5.40. The van der Waals surface area contributed by atoms with Crippen molar-refractivity contribution in [3.8, 4) is 5.75 Å². The molecule has 0 aliphatic heterocycles. The average molecular weight is 350 g/mol. The number of nitrogens with one attached hydrogen (secondary N) is 2. The number of nitrogens with zero attached hydrogens (tertiary/aromatic N) is 2. The Hall–Kier alpha value is -3.48. The zero-order valence-electron chi connectivity index (χ0n) is 14.4. The fourth-order valence-electron chi connectivity index (χ4n) is 2.50. The van der Waals surface area contributed by atoms with Gasteiger partial charge in [0.2, 0.25) is 0 Å². The van der Waals surface area contributed by atoms with Crippen molar-refractivity contribution in [2.45, 2.75) is 13.8 Å². The number of rotatable bonds is 5. The first-order valence-corrected chi connectivity index (χ1v) is 8.15. The predicted octanol–water partition coefficient (Wildman–Crippen LogP) is 2.48. The summed E-state index contributed by atoms with van der Waals surface area (Å²) in [5.41, 5.74) is 3.74. The summed E-state index contributed by atoms with van der Waals surface area (Å²) in [6, 6.07) is 14.2. The Morgan fingerprint density at radius 1 is 1.15 bits per heavy atom. The van der Waals surface area contributed by atoms with Crippen molar-refractivity contribution < 1.29 is 9.53 Å². The molecule has 0 radical (unpaired) electrons. The normalized spacial score (nSPS) is 11.4. The summed E-state index contributed by atoms with van der Waals surface area (Å²) in [6.45, 7) is 4.31. The van der Waals surface area contributed by atoms with Crippen molar-refractivity contribution in [3.05, 3.63) is 70.1 Å². The van der Waals surface area contributed by atoms with E-state index in [1.54, 1.807) is 31.2 Å². The van der Waals surface area contributed by atoms with E-state index in [2.05, 4.69) is 20.7 Å². The molecule has 132 valence electrons. The van der Waals surface area contributed by atoms with Crippen LogP contribution in [-0.4, -0.2) is 28.4 Å². The van der Waals surface area contributed by atoms with E-state index in [9.17, 15) is 9.59 Å². The Morgan fingerprint density at radius 3 is 2.54 bits per heavy atom. The lowest BCUT2D eigenvalue weighted by atomic mass is 10.1. The summed E-state index contributed by atoms with van der Waals surface area (Å²) >= 11 is 0. The van der Waals surface area contributed by atoms with Crippen molar-refractivity contribution in [2.75, 3.05) is 6.61 Å². The standard InChI is InChI=1S/C19H18N4O3/c1-3-26-14-10-8-13(9-11-14)12(2)20-23-19(25)17-15-6-4-5-7-16(15)18(24)22-21-17/h4-11H,3H2,1-2H3,(H,22,24)(H,23,25)/b20-12-. The number of hydrogen-bond donors (Lipinski definition) is 2. The largest absolute Gasteiger partial charge is 0.494 e. The number of carbonyl (C=O) groups is 1. The smallest absolute Gasteiger partial charge is 0.292 e. The Labute approximate surface area is 149 Å². The summed E-state index contributed by atoms with van der Waals surface area (Å²) in [6.07, 6.45) is 0. The zero-order chi connectivity index (χ0) is 18.5. The van der Waals surface area contributed by atoms with Gasteiger partial charge >= 0.3 is 0 Å². The lowest BCUT2D eigenvalue weighted by Crippen LogP contribution is -2.23. The summed E-state index contributed by atoms with van der Waals surface area (Å²) in [4.78, 5) is 24.2. The van der Waals surface area contributed by atoms with Crippen LogP contribution in [0.5, 0.6) is 5.75 Å². The van der Waals surface area contributed by atoms with Crippen LogP contribution >= 0.6 is 0 Å². The summed E-state index contributed by atoms with van der Waals surface area (Å²) in [5, 5.41) is 11.2. The van der Waals surface area contributed by atoms with Gasteiger partial charge in [-0.2, -0.15) is 10.2 Å². The van der Waals surface area contributed by atoms with E-state index in [0.717, 1.165) is 11.3 Å². The average Bonchev–Trinajstić information content (AvgIpc) is 2.67. The van der Waals surface area contributed by atoms with Gasteiger partial charge in [0, 0.05) is 5.39 Å². The lowest BCUT2D eigenvalue weighted by molar-refractivity contribution is 0.0950. The first kappa shape index (κ1) is 17.3. The highest BCUT2D eigenvalue weighted by atomic mass is 16.5. The first-order chi connectivity index (χ1) is 12.6. The molecule has 1 amide bonds. The molecule has 3 rings (SSSR count). The quantitative estimate of drug-likeness (QED) is 0.546. The van der Waals surface area contributed by atoms with Crippen LogP contribution in [0.4, 0.5) is 0 Å². The number of H-pyrrole nitrogens is 1. The van der Waals surface area contributed by atoms with Crippen LogP contribution in [0.1, 0.15) is 29.9 Å². The molecule has 0 aliphatic carbocycles. The van der Waals surface area contributed by atoms with E-state index >= 15 is 0 Å². The Balaban J connectivity index is 1.81. The number of hydrogen-bond acceptors (Lipinski definition) is 5. The highest BCUT2D eigenvalue weighted by molar-refractivity contribution is 6.06. The summed E-state index contributed by atoms with van der Waals surface area (Å²) in [7, 11) is 0. The van der Waals surface area contributed by atoms with Crippen LogP contribution in [0.15, 0.2) is 58.4 Å². The van der Waals surface area contributed by atoms with Gasteiger partial charge < -0.3 is 4.74 Å². The van der Waals surface area contributed by atoms with Gasteiger partial charge in [0.15, 0.2) is 5.69 Å². The molecule has 3 aromatic rings. The van der Waals surface area contributed by atoms with E-state index < -0.39 is 5.91 Å². The molecular weight excluding hydrogens is 332 g/mol. The van der Waals surface area contributed by atoms with E-state index in [0.29, 0.717) is 23.1 Å². The molecule has 1 aromatic heterocycles. The molecule has 26 heavy (non-hydrogen) atoms. The number of benzene rings is 2. The third-order valence-electron chi connectivity index (χ3n) is 3.82. The number of aromatic amines is 1. The second-order valence-corrected chi connectivity index (χ2v) is 5.54. The molecule has 0 atom stereocenters. The number of carbonyl (C=O) groups excluding carboxylic acids is 1. The minimum atomic E-state index is -0.497. The first-order valence-electron chi connectivity index (χ1n) is 8.15. The molecule has 1 heterocycles. The molecule has 2 aromatic carbocycles. The van der Waals surface area contributed by atoms with Crippen LogP contribution in [0.2, 0.25) is 0 Å². The van der Waals surface area contributed by atoms with Gasteiger partial charge in [-0.05, 0) is 49.7 Å². The second kappa shape index (κ2) is 7.60. The Kier molecular flexibility index (Phi) is 5.07. The zero-order valence-corrected chi connectivity index (χ0v) is 14.4. The number of aromatic nitrogens is 2. The fraction of sp³-hybridized carbons (Fsp3) is 0.158. The van der Waals surface area contributed by atoms with Gasteiger partial charge in [-0.25, -0.2) is 10.5 Å². The van der Waals surface area contributed by atoms with Crippen LogP contribution in [0.25, 0.3) is 10.8 Å². The third-order valence-corrected chi connectivity index (χ3v) is 3.82. The highest BCUT2D eigenvalue weighted by Crippen LogP contribution is 2.14. The van der Waals surface area contributed by atoms with Gasteiger partial charge in [0.05, 0.1) is 17.7 Å². The maximum atomic E-state index is 12.4. The SMILES string of the molecule is CCOc1ccc(/C(C)=N\NC(=O)c2n[nH]c(=O)c3ccccc23)cc1. The third kappa shape index (κ3) is 3.61. The fourth-order valence-corrected chi connectivity index (χ4v) is 2.50. The maximum Gasteiger partial charge on any atom is 0.292 e. The second-order valence-electron chi connectivity index (χ2n) is 5.54. The monoisotopic (exact) mass is 350 g/mol. The van der Waals surface area contributed by atoms with Crippen molar-refractivity contribution in [2.24, 2.45) is 5.10 Å². The minimum absolute atomic E-state index is 0.114. The molecule has 0 unspecified atom stereocenters. The van der Waals surface area contributed by atoms with Crippen molar-refractivity contribution >= 4 is 22.4 Å². The predicted molar refractivity (Wildman–Crippen MR) is 99.7 cm³/mol. The van der Waals surface area contributed by atoms with Crippen LogP contribution in [-0.2, 0) is 0 Å². The van der Waals surface area contributed by atoms with Crippen molar-refractivity contribution in [3.63, 3.8) is 0 Å². The number of amides is 1. The Bertz CT molecular complexity index is 1020. The molecule has 7 heteroatoms. The van der Waals surface area contributed by atoms with Crippen molar-refractivity contribution in [1.82, 2.24) is 15.6 Å². The molecule has 0 fully saturated rings. The maximum absolute atomic E-state index is 12.4. The topological polar surface area (TPSA) is 96.4 Å². The van der Waals surface area contributed by atoms with E-state index in [4.69, 9.17) is 4.74 Å².